The number of methoxy groups -OCH3 is 1. The van der Waals surface area contributed by atoms with E-state index in [1.165, 1.54) is 5.69 Å². The molecule has 5 nitrogen and oxygen atoms in total. The fraction of sp³-hybridized carbons (Fsp3) is 0.360. The minimum atomic E-state index is 0.118. The highest BCUT2D eigenvalue weighted by atomic mass is 16.5. The molecule has 4 rings (SSSR count). The lowest BCUT2D eigenvalue weighted by molar-refractivity contribution is 0.0685. The van der Waals surface area contributed by atoms with Gasteiger partial charge in [0.1, 0.15) is 11.6 Å². The van der Waals surface area contributed by atoms with E-state index in [2.05, 4.69) is 40.7 Å². The van der Waals surface area contributed by atoms with Crippen LogP contribution in [0.15, 0.2) is 60.8 Å². The Hall–Kier alpha value is -3.08. The van der Waals surface area contributed by atoms with E-state index < -0.39 is 0 Å². The Morgan fingerprint density at radius 2 is 1.77 bits per heavy atom. The molecule has 2 aromatic carbocycles. The molecule has 1 amide bonds. The number of carbonyl (C=O) groups excluding carboxylic acids is 1. The molecule has 0 saturated carbocycles. The van der Waals surface area contributed by atoms with Crippen molar-refractivity contribution in [2.75, 3.05) is 20.2 Å². The molecule has 1 aliphatic heterocycles. The number of aryl methyl sites for hydroxylation is 1. The first-order chi connectivity index (χ1) is 14.7. The number of amides is 1. The van der Waals surface area contributed by atoms with Gasteiger partial charge in [0.15, 0.2) is 0 Å². The molecule has 1 aromatic heterocycles. The van der Waals surface area contributed by atoms with Crippen LogP contribution in [0.25, 0.3) is 11.4 Å². The highest BCUT2D eigenvalue weighted by Crippen LogP contribution is 2.25. The Morgan fingerprint density at radius 1 is 1.07 bits per heavy atom. The number of ether oxygens (including phenoxy) is 1. The molecule has 2 heterocycles. The normalized spacial score (nSPS) is 14.7. The number of likely N-dealkylation sites (tertiary alicyclic amines) is 1. The molecule has 3 aromatic rings. The van der Waals surface area contributed by atoms with Crippen LogP contribution in [-0.2, 0) is 6.54 Å². The molecule has 0 bridgehead atoms. The summed E-state index contributed by atoms with van der Waals surface area (Å²) in [4.78, 5) is 19.4. The third kappa shape index (κ3) is 4.40. The first kappa shape index (κ1) is 20.2. The average molecular weight is 404 g/mol. The largest absolute Gasteiger partial charge is 0.497 e. The SMILES string of the molecule is COc1ccc(C(=O)N2CCC(CCn3c(C)cnc3-c3ccccc3)CC2)cc1. The van der Waals surface area contributed by atoms with Crippen molar-refractivity contribution < 1.29 is 9.53 Å². The minimum absolute atomic E-state index is 0.118. The quantitative estimate of drug-likeness (QED) is 0.593. The lowest BCUT2D eigenvalue weighted by Crippen LogP contribution is -2.38. The fourth-order valence-electron chi connectivity index (χ4n) is 4.21. The van der Waals surface area contributed by atoms with Gasteiger partial charge in [-0.15, -0.1) is 0 Å². The van der Waals surface area contributed by atoms with E-state index in [0.29, 0.717) is 5.92 Å². The van der Waals surface area contributed by atoms with Gasteiger partial charge in [0, 0.05) is 42.7 Å². The van der Waals surface area contributed by atoms with Crippen molar-refractivity contribution in [3.8, 4) is 17.1 Å². The molecule has 30 heavy (non-hydrogen) atoms. The summed E-state index contributed by atoms with van der Waals surface area (Å²) in [5.41, 5.74) is 3.09. The van der Waals surface area contributed by atoms with Crippen LogP contribution >= 0.6 is 0 Å². The topological polar surface area (TPSA) is 47.4 Å². The van der Waals surface area contributed by atoms with Crippen molar-refractivity contribution in [1.82, 2.24) is 14.5 Å². The number of carbonyl (C=O) groups is 1. The van der Waals surface area contributed by atoms with E-state index >= 15 is 0 Å². The predicted molar refractivity (Wildman–Crippen MR) is 119 cm³/mol. The maximum Gasteiger partial charge on any atom is 0.253 e. The van der Waals surface area contributed by atoms with Crippen LogP contribution < -0.4 is 4.74 Å². The molecular formula is C25H29N3O2. The molecule has 0 radical (unpaired) electrons. The molecule has 156 valence electrons. The van der Waals surface area contributed by atoms with E-state index in [1.807, 2.05) is 41.4 Å². The van der Waals surface area contributed by atoms with E-state index in [-0.39, 0.29) is 5.91 Å². The van der Waals surface area contributed by atoms with Crippen LogP contribution in [0, 0.1) is 12.8 Å². The number of benzene rings is 2. The highest BCUT2D eigenvalue weighted by molar-refractivity contribution is 5.94. The molecule has 1 saturated heterocycles. The van der Waals surface area contributed by atoms with E-state index in [0.717, 1.165) is 61.6 Å². The first-order valence-corrected chi connectivity index (χ1v) is 10.7. The van der Waals surface area contributed by atoms with Gasteiger partial charge in [0.05, 0.1) is 7.11 Å². The van der Waals surface area contributed by atoms with Crippen LogP contribution in [0.1, 0.15) is 35.3 Å². The van der Waals surface area contributed by atoms with Gasteiger partial charge in [-0.25, -0.2) is 4.98 Å². The lowest BCUT2D eigenvalue weighted by Gasteiger charge is -2.32. The zero-order chi connectivity index (χ0) is 20.9. The third-order valence-electron chi connectivity index (χ3n) is 6.09. The van der Waals surface area contributed by atoms with Crippen LogP contribution in [0.5, 0.6) is 5.75 Å². The smallest absolute Gasteiger partial charge is 0.253 e. The summed E-state index contributed by atoms with van der Waals surface area (Å²) in [6.07, 6.45) is 5.17. The second kappa shape index (κ2) is 9.16. The van der Waals surface area contributed by atoms with E-state index in [1.54, 1.807) is 7.11 Å². The van der Waals surface area contributed by atoms with Crippen LogP contribution in [0.3, 0.4) is 0 Å². The molecular weight excluding hydrogens is 374 g/mol. The Balaban J connectivity index is 1.32. The predicted octanol–water partition coefficient (Wildman–Crippen LogP) is 4.81. The molecule has 0 unspecified atom stereocenters. The summed E-state index contributed by atoms with van der Waals surface area (Å²) < 4.78 is 7.50. The molecule has 1 aliphatic rings. The van der Waals surface area contributed by atoms with Crippen molar-refractivity contribution >= 4 is 5.91 Å². The molecule has 0 atom stereocenters. The monoisotopic (exact) mass is 403 g/mol. The van der Waals surface area contributed by atoms with Crippen molar-refractivity contribution in [1.29, 1.82) is 0 Å². The summed E-state index contributed by atoms with van der Waals surface area (Å²) in [5, 5.41) is 0. The second-order valence-electron chi connectivity index (χ2n) is 7.99. The standard InChI is InChI=1S/C25H29N3O2/c1-19-18-26-24(21-6-4-3-5-7-21)28(19)17-14-20-12-15-27(16-13-20)25(29)22-8-10-23(30-2)11-9-22/h3-11,18,20H,12-17H2,1-2H3. The van der Waals surface area contributed by atoms with Gasteiger partial charge >= 0.3 is 0 Å². The Kier molecular flexibility index (Phi) is 6.17. The van der Waals surface area contributed by atoms with Gasteiger partial charge in [-0.2, -0.15) is 0 Å². The Bertz CT molecular complexity index is 971. The molecule has 5 heteroatoms. The van der Waals surface area contributed by atoms with Gasteiger partial charge in [-0.3, -0.25) is 4.79 Å². The maximum absolute atomic E-state index is 12.8. The molecule has 1 fully saturated rings. The number of piperidine rings is 1. The van der Waals surface area contributed by atoms with E-state index in [9.17, 15) is 4.79 Å². The zero-order valence-electron chi connectivity index (χ0n) is 17.8. The maximum atomic E-state index is 12.8. The number of imidazole rings is 1. The Morgan fingerprint density at radius 3 is 2.43 bits per heavy atom. The average Bonchev–Trinajstić information content (AvgIpc) is 3.18. The van der Waals surface area contributed by atoms with Crippen LogP contribution in [0.4, 0.5) is 0 Å². The second-order valence-corrected chi connectivity index (χ2v) is 7.99. The lowest BCUT2D eigenvalue weighted by atomic mass is 9.93. The van der Waals surface area contributed by atoms with Crippen molar-refractivity contribution in [2.24, 2.45) is 5.92 Å². The highest BCUT2D eigenvalue weighted by Gasteiger charge is 2.24. The minimum Gasteiger partial charge on any atom is -0.497 e. The first-order valence-electron chi connectivity index (χ1n) is 10.7. The number of rotatable bonds is 6. The molecule has 0 N–H and O–H groups in total. The summed E-state index contributed by atoms with van der Waals surface area (Å²) in [5.74, 6) is 2.57. The van der Waals surface area contributed by atoms with Gasteiger partial charge < -0.3 is 14.2 Å². The number of hydrogen-bond donors (Lipinski definition) is 0. The number of nitrogens with zero attached hydrogens (tertiary/aromatic N) is 3. The summed E-state index contributed by atoms with van der Waals surface area (Å²) >= 11 is 0. The Labute approximate surface area is 178 Å². The fourth-order valence-corrected chi connectivity index (χ4v) is 4.21. The van der Waals surface area contributed by atoms with Crippen LogP contribution in [0.2, 0.25) is 0 Å². The van der Waals surface area contributed by atoms with Gasteiger partial charge in [-0.05, 0) is 56.4 Å². The number of aromatic nitrogens is 2. The summed E-state index contributed by atoms with van der Waals surface area (Å²) in [6, 6.07) is 17.8. The number of hydrogen-bond acceptors (Lipinski definition) is 3. The van der Waals surface area contributed by atoms with Crippen LogP contribution in [-0.4, -0.2) is 40.6 Å². The van der Waals surface area contributed by atoms with Crippen molar-refractivity contribution in [2.45, 2.75) is 32.7 Å². The zero-order valence-corrected chi connectivity index (χ0v) is 17.8. The molecule has 0 aliphatic carbocycles. The third-order valence-corrected chi connectivity index (χ3v) is 6.09. The summed E-state index contributed by atoms with van der Waals surface area (Å²) in [6.45, 7) is 4.73. The summed E-state index contributed by atoms with van der Waals surface area (Å²) in [7, 11) is 1.63. The van der Waals surface area contributed by atoms with Gasteiger partial charge in [0.25, 0.3) is 5.91 Å². The van der Waals surface area contributed by atoms with E-state index in [4.69, 9.17) is 4.74 Å². The van der Waals surface area contributed by atoms with Gasteiger partial charge in [0.2, 0.25) is 0 Å². The van der Waals surface area contributed by atoms with Crippen molar-refractivity contribution in [3.63, 3.8) is 0 Å². The van der Waals surface area contributed by atoms with Crippen molar-refractivity contribution in [3.05, 3.63) is 72.1 Å². The molecule has 0 spiro atoms. The van der Waals surface area contributed by atoms with Gasteiger partial charge in [-0.1, -0.05) is 30.3 Å².